The lowest BCUT2D eigenvalue weighted by molar-refractivity contribution is -0.305. The SMILES string of the molecule is CC/C=C\C/C=C\C/C=C\C/C=C\C/C=C\CC(=O)OC(COC(=O)CCCCCCCCCCCCCCCCC)COC1OC(CO)C(O)C(O)C1O. The maximum atomic E-state index is 12.7. The first-order valence-electron chi connectivity index (χ1n) is 21.4. The maximum absolute atomic E-state index is 12.7. The monoisotopic (exact) mass is 777 g/mol. The van der Waals surface area contributed by atoms with E-state index in [0.29, 0.717) is 12.8 Å². The Bertz CT molecular complexity index is 1080. The standard InChI is InChI=1S/C45H76O10/c1-3-5-7-9-11-13-15-17-19-21-23-25-27-29-31-33-40(47)52-36-38(37-53-45-44(51)43(50)42(49)39(35-46)55-45)54-41(48)34-32-30-28-26-24-22-20-18-16-14-12-10-8-6-4-2/h6,8,12,14,18,20,24,26,30,32,38-39,42-46,49-51H,3-5,7,9-11,13,15-17,19,21-23,25,27-29,31,33-37H2,1-2H3/b8-6-,14-12-,20-18-,26-24-,32-30-. The Balaban J connectivity index is 2.42. The molecule has 0 saturated carbocycles. The minimum Gasteiger partial charge on any atom is -0.462 e. The van der Waals surface area contributed by atoms with E-state index >= 15 is 0 Å². The Kier molecular flexibility index (Phi) is 32.8. The second kappa shape index (κ2) is 35.8. The lowest BCUT2D eigenvalue weighted by atomic mass is 9.99. The van der Waals surface area contributed by atoms with Crippen LogP contribution >= 0.6 is 0 Å². The zero-order chi connectivity index (χ0) is 40.2. The number of hydrogen-bond acceptors (Lipinski definition) is 10. The maximum Gasteiger partial charge on any atom is 0.310 e. The van der Waals surface area contributed by atoms with Crippen LogP contribution in [0.3, 0.4) is 0 Å². The zero-order valence-electron chi connectivity index (χ0n) is 34.2. The predicted octanol–water partition coefficient (Wildman–Crippen LogP) is 8.66. The van der Waals surface area contributed by atoms with Crippen molar-refractivity contribution in [3.8, 4) is 0 Å². The smallest absolute Gasteiger partial charge is 0.310 e. The summed E-state index contributed by atoms with van der Waals surface area (Å²) in [6.45, 7) is 3.20. The van der Waals surface area contributed by atoms with Crippen LogP contribution in [0.1, 0.15) is 155 Å². The van der Waals surface area contributed by atoms with Crippen molar-refractivity contribution in [2.24, 2.45) is 0 Å². The highest BCUT2D eigenvalue weighted by Gasteiger charge is 2.44. The van der Waals surface area contributed by atoms with E-state index in [1.54, 1.807) is 6.08 Å². The summed E-state index contributed by atoms with van der Waals surface area (Å²) in [5.41, 5.74) is 0. The summed E-state index contributed by atoms with van der Waals surface area (Å²) in [6, 6.07) is 0. The van der Waals surface area contributed by atoms with Crippen molar-refractivity contribution in [3.05, 3.63) is 60.8 Å². The Morgan fingerprint density at radius 2 is 1.05 bits per heavy atom. The van der Waals surface area contributed by atoms with Gasteiger partial charge in [-0.1, -0.05) is 164 Å². The number of carbonyl (C=O) groups is 2. The molecule has 0 amide bonds. The molecule has 1 aliphatic rings. The first-order valence-corrected chi connectivity index (χ1v) is 21.4. The number of rotatable bonds is 34. The molecule has 1 saturated heterocycles. The number of aliphatic hydroxyl groups excluding tert-OH is 4. The molecule has 55 heavy (non-hydrogen) atoms. The summed E-state index contributed by atoms with van der Waals surface area (Å²) in [7, 11) is 0. The van der Waals surface area contributed by atoms with E-state index in [2.05, 4.69) is 56.4 Å². The largest absolute Gasteiger partial charge is 0.462 e. The fourth-order valence-electron chi connectivity index (χ4n) is 6.09. The highest BCUT2D eigenvalue weighted by atomic mass is 16.7. The summed E-state index contributed by atoms with van der Waals surface area (Å²) < 4.78 is 22.0. The molecule has 316 valence electrons. The van der Waals surface area contributed by atoms with E-state index in [4.69, 9.17) is 18.9 Å². The summed E-state index contributed by atoms with van der Waals surface area (Å²) in [6.07, 6.45) is 35.4. The van der Waals surface area contributed by atoms with Crippen molar-refractivity contribution in [1.82, 2.24) is 0 Å². The quantitative estimate of drug-likeness (QED) is 0.0284. The van der Waals surface area contributed by atoms with Crippen molar-refractivity contribution >= 4 is 11.9 Å². The number of ether oxygens (including phenoxy) is 4. The van der Waals surface area contributed by atoms with Gasteiger partial charge in [-0.2, -0.15) is 0 Å². The van der Waals surface area contributed by atoms with Crippen LogP contribution in [0.2, 0.25) is 0 Å². The first-order chi connectivity index (χ1) is 26.8. The molecule has 1 heterocycles. The number of allylic oxidation sites excluding steroid dienone is 9. The summed E-state index contributed by atoms with van der Waals surface area (Å²) >= 11 is 0. The highest BCUT2D eigenvalue weighted by Crippen LogP contribution is 2.22. The van der Waals surface area contributed by atoms with Gasteiger partial charge in [0.05, 0.1) is 19.6 Å². The fourth-order valence-corrected chi connectivity index (χ4v) is 6.09. The van der Waals surface area contributed by atoms with Gasteiger partial charge in [-0.25, -0.2) is 0 Å². The number of carbonyl (C=O) groups excluding carboxylic acids is 2. The number of hydrogen-bond donors (Lipinski definition) is 4. The third-order valence-corrected chi connectivity index (χ3v) is 9.45. The lowest BCUT2D eigenvalue weighted by Gasteiger charge is -2.39. The van der Waals surface area contributed by atoms with Gasteiger partial charge in [-0.15, -0.1) is 0 Å². The van der Waals surface area contributed by atoms with Gasteiger partial charge in [-0.05, 0) is 38.5 Å². The molecule has 0 aromatic rings. The normalized spacial score (nSPS) is 21.2. The molecular formula is C45H76O10. The van der Waals surface area contributed by atoms with Gasteiger partial charge in [0.25, 0.3) is 0 Å². The topological polar surface area (TPSA) is 152 Å². The van der Waals surface area contributed by atoms with Gasteiger partial charge in [0.2, 0.25) is 0 Å². The molecule has 10 nitrogen and oxygen atoms in total. The zero-order valence-corrected chi connectivity index (χ0v) is 34.2. The van der Waals surface area contributed by atoms with E-state index in [0.717, 1.165) is 44.9 Å². The Morgan fingerprint density at radius 1 is 0.582 bits per heavy atom. The summed E-state index contributed by atoms with van der Waals surface area (Å²) in [4.78, 5) is 25.2. The molecular weight excluding hydrogens is 700 g/mol. The van der Waals surface area contributed by atoms with E-state index in [-0.39, 0.29) is 26.1 Å². The minimum atomic E-state index is -1.61. The van der Waals surface area contributed by atoms with Crippen molar-refractivity contribution in [1.29, 1.82) is 0 Å². The molecule has 0 aromatic carbocycles. The van der Waals surface area contributed by atoms with Crippen LogP contribution < -0.4 is 0 Å². The number of unbranched alkanes of at least 4 members (excludes halogenated alkanes) is 14. The number of aliphatic hydroxyl groups is 4. The molecule has 0 bridgehead atoms. The van der Waals surface area contributed by atoms with Crippen LogP contribution in [0.25, 0.3) is 0 Å². The van der Waals surface area contributed by atoms with Crippen LogP contribution in [0.4, 0.5) is 0 Å². The van der Waals surface area contributed by atoms with Crippen molar-refractivity contribution < 1.29 is 49.0 Å². The molecule has 0 aromatic heterocycles. The van der Waals surface area contributed by atoms with Gasteiger partial charge in [0.15, 0.2) is 12.4 Å². The van der Waals surface area contributed by atoms with E-state index in [1.807, 2.05) is 12.2 Å². The molecule has 6 atom stereocenters. The average molecular weight is 777 g/mol. The van der Waals surface area contributed by atoms with E-state index in [1.165, 1.54) is 70.6 Å². The van der Waals surface area contributed by atoms with Gasteiger partial charge in [-0.3, -0.25) is 9.59 Å². The molecule has 4 N–H and O–H groups in total. The second-order valence-electron chi connectivity index (χ2n) is 14.4. The Labute approximate surface area is 332 Å². The first kappa shape index (κ1) is 50.4. The minimum absolute atomic E-state index is 0.00284. The van der Waals surface area contributed by atoms with Gasteiger partial charge >= 0.3 is 11.9 Å². The van der Waals surface area contributed by atoms with Crippen LogP contribution in [0.5, 0.6) is 0 Å². The molecule has 1 fully saturated rings. The van der Waals surface area contributed by atoms with Crippen LogP contribution in [0, 0.1) is 0 Å². The van der Waals surface area contributed by atoms with E-state index in [9.17, 15) is 30.0 Å². The predicted molar refractivity (Wildman–Crippen MR) is 219 cm³/mol. The van der Waals surface area contributed by atoms with Crippen molar-refractivity contribution in [3.63, 3.8) is 0 Å². The van der Waals surface area contributed by atoms with Crippen molar-refractivity contribution in [2.75, 3.05) is 19.8 Å². The van der Waals surface area contributed by atoms with E-state index < -0.39 is 55.4 Å². The molecule has 10 heteroatoms. The lowest BCUT2D eigenvalue weighted by Crippen LogP contribution is -2.59. The third kappa shape index (κ3) is 27.6. The molecule has 1 aliphatic heterocycles. The molecule has 1 rings (SSSR count). The average Bonchev–Trinajstić information content (AvgIpc) is 3.18. The number of esters is 2. The summed E-state index contributed by atoms with van der Waals surface area (Å²) in [5, 5.41) is 40.0. The highest BCUT2D eigenvalue weighted by molar-refractivity contribution is 5.71. The molecule has 0 radical (unpaired) electrons. The molecule has 0 spiro atoms. The van der Waals surface area contributed by atoms with Gasteiger partial charge < -0.3 is 39.4 Å². The van der Waals surface area contributed by atoms with Crippen molar-refractivity contribution in [2.45, 2.75) is 192 Å². The summed E-state index contributed by atoms with van der Waals surface area (Å²) in [5.74, 6) is -0.955. The molecule has 6 unspecified atom stereocenters. The Morgan fingerprint density at radius 3 is 1.55 bits per heavy atom. The van der Waals surface area contributed by atoms with Gasteiger partial charge in [0, 0.05) is 6.42 Å². The fraction of sp³-hybridized carbons (Fsp3) is 0.733. The van der Waals surface area contributed by atoms with Gasteiger partial charge in [0.1, 0.15) is 31.0 Å². The van der Waals surface area contributed by atoms with Crippen LogP contribution in [-0.2, 0) is 28.5 Å². The van der Waals surface area contributed by atoms with Crippen LogP contribution in [0.15, 0.2) is 60.8 Å². The Hall–Kier alpha value is -2.60. The van der Waals surface area contributed by atoms with Crippen LogP contribution in [-0.4, -0.2) is 89.0 Å². The second-order valence-corrected chi connectivity index (χ2v) is 14.4. The third-order valence-electron chi connectivity index (χ3n) is 9.45. The molecule has 0 aliphatic carbocycles.